The molecule has 1 aromatic carbocycles. The van der Waals surface area contributed by atoms with Gasteiger partial charge >= 0.3 is 0 Å². The van der Waals surface area contributed by atoms with Gasteiger partial charge in [-0.05, 0) is 44.0 Å². The second-order valence-corrected chi connectivity index (χ2v) is 8.04. The number of piperidine rings is 1. The number of carbonyl (C=O) groups excluding carboxylic acids is 2. The molecule has 8 heteroatoms. The molecule has 0 atom stereocenters. The molecule has 2 amide bonds. The third-order valence-corrected chi connectivity index (χ3v) is 5.72. The van der Waals surface area contributed by atoms with Crippen LogP contribution < -0.4 is 5.32 Å². The van der Waals surface area contributed by atoms with E-state index in [1.807, 2.05) is 23.1 Å². The van der Waals surface area contributed by atoms with Crippen LogP contribution in [0.2, 0.25) is 5.02 Å². The highest BCUT2D eigenvalue weighted by molar-refractivity contribution is 6.33. The Kier molecular flexibility index (Phi) is 6.42. The summed E-state index contributed by atoms with van der Waals surface area (Å²) in [4.78, 5) is 30.9. The van der Waals surface area contributed by atoms with Crippen molar-refractivity contribution in [1.82, 2.24) is 15.2 Å². The lowest BCUT2D eigenvalue weighted by atomic mass is 10.0. The number of aromatic nitrogens is 1. The number of amides is 2. The van der Waals surface area contributed by atoms with Crippen molar-refractivity contribution in [2.75, 3.05) is 13.1 Å². The number of halogens is 1. The van der Waals surface area contributed by atoms with Gasteiger partial charge < -0.3 is 19.1 Å². The minimum absolute atomic E-state index is 0.0341. The molecule has 31 heavy (non-hydrogen) atoms. The molecule has 0 unspecified atom stereocenters. The molecule has 0 radical (unpaired) electrons. The lowest BCUT2D eigenvalue weighted by molar-refractivity contribution is -0.132. The first-order chi connectivity index (χ1) is 15.0. The molecular weight excluding hydrogens is 418 g/mol. The van der Waals surface area contributed by atoms with Crippen LogP contribution in [-0.4, -0.2) is 40.8 Å². The Labute approximate surface area is 185 Å². The molecule has 3 aromatic rings. The number of aryl methyl sites for hydroxylation is 2. The van der Waals surface area contributed by atoms with Crippen molar-refractivity contribution in [3.63, 3.8) is 0 Å². The molecule has 0 saturated carbocycles. The molecule has 0 bridgehead atoms. The minimum atomic E-state index is -0.212. The van der Waals surface area contributed by atoms with Crippen LogP contribution in [0.3, 0.4) is 0 Å². The van der Waals surface area contributed by atoms with E-state index in [-0.39, 0.29) is 17.9 Å². The van der Waals surface area contributed by atoms with Crippen LogP contribution in [0.15, 0.2) is 51.4 Å². The molecule has 0 spiro atoms. The third-order valence-electron chi connectivity index (χ3n) is 5.39. The van der Waals surface area contributed by atoms with Crippen LogP contribution >= 0.6 is 11.6 Å². The van der Waals surface area contributed by atoms with Crippen LogP contribution in [0, 0.1) is 6.92 Å². The first-order valence-corrected chi connectivity index (χ1v) is 10.7. The highest BCUT2D eigenvalue weighted by atomic mass is 35.5. The zero-order valence-electron chi connectivity index (χ0n) is 17.3. The summed E-state index contributed by atoms with van der Waals surface area (Å²) >= 11 is 6.20. The van der Waals surface area contributed by atoms with Gasteiger partial charge in [-0.25, -0.2) is 4.98 Å². The number of hydrogen-bond donors (Lipinski definition) is 1. The van der Waals surface area contributed by atoms with Gasteiger partial charge in [-0.2, -0.15) is 0 Å². The highest BCUT2D eigenvalue weighted by Gasteiger charge is 2.25. The first-order valence-electron chi connectivity index (χ1n) is 10.3. The lowest BCUT2D eigenvalue weighted by Gasteiger charge is -2.32. The van der Waals surface area contributed by atoms with Crippen molar-refractivity contribution in [3.05, 3.63) is 65.0 Å². The van der Waals surface area contributed by atoms with E-state index in [0.717, 1.165) is 5.56 Å². The fourth-order valence-corrected chi connectivity index (χ4v) is 3.90. The van der Waals surface area contributed by atoms with E-state index in [2.05, 4.69) is 10.3 Å². The molecule has 7 nitrogen and oxygen atoms in total. The van der Waals surface area contributed by atoms with E-state index in [4.69, 9.17) is 20.4 Å². The zero-order chi connectivity index (χ0) is 21.8. The number of nitrogens with zero attached hydrogens (tertiary/aromatic N) is 2. The highest BCUT2D eigenvalue weighted by Crippen LogP contribution is 2.28. The fraction of sp³-hybridized carbons (Fsp3) is 0.348. The van der Waals surface area contributed by atoms with E-state index in [1.54, 1.807) is 31.3 Å². The maximum atomic E-state index is 12.6. The summed E-state index contributed by atoms with van der Waals surface area (Å²) in [6.45, 7) is 3.02. The Balaban J connectivity index is 1.23. The van der Waals surface area contributed by atoms with Crippen molar-refractivity contribution < 1.29 is 18.4 Å². The number of benzene rings is 1. The van der Waals surface area contributed by atoms with Crippen LogP contribution in [0.25, 0.3) is 11.3 Å². The summed E-state index contributed by atoms with van der Waals surface area (Å²) in [7, 11) is 0. The quantitative estimate of drug-likeness (QED) is 0.617. The maximum absolute atomic E-state index is 12.6. The van der Waals surface area contributed by atoms with Gasteiger partial charge in [0, 0.05) is 37.5 Å². The van der Waals surface area contributed by atoms with E-state index >= 15 is 0 Å². The Bertz CT molecular complexity index is 1070. The largest absolute Gasteiger partial charge is 0.456 e. The van der Waals surface area contributed by atoms with Crippen LogP contribution in [0.1, 0.15) is 41.5 Å². The molecule has 0 aliphatic carbocycles. The number of likely N-dealkylation sites (tertiary alicyclic amines) is 1. The van der Waals surface area contributed by atoms with Gasteiger partial charge in [0.05, 0.1) is 11.2 Å². The summed E-state index contributed by atoms with van der Waals surface area (Å²) in [5, 5.41) is 3.58. The van der Waals surface area contributed by atoms with Crippen molar-refractivity contribution >= 4 is 23.4 Å². The SMILES string of the molecule is Cc1ccc(C(=O)NC2CCN(C(=O)CCc3ncc(-c4ccccc4Cl)o3)CC2)o1. The van der Waals surface area contributed by atoms with E-state index in [0.29, 0.717) is 67.0 Å². The summed E-state index contributed by atoms with van der Waals surface area (Å²) in [5.41, 5.74) is 0.781. The molecule has 2 aromatic heterocycles. The number of furan rings is 1. The molecule has 162 valence electrons. The van der Waals surface area contributed by atoms with Crippen molar-refractivity contribution in [2.24, 2.45) is 0 Å². The standard InChI is InChI=1S/C23H24ClN3O4/c1-15-6-7-19(30-15)23(29)26-16-10-12-27(13-11-16)22(28)9-8-21-25-14-20(31-21)17-4-2-3-5-18(17)24/h2-7,14,16H,8-13H2,1H3,(H,26,29). The van der Waals surface area contributed by atoms with E-state index < -0.39 is 0 Å². The van der Waals surface area contributed by atoms with Crippen LogP contribution in [0.5, 0.6) is 0 Å². The van der Waals surface area contributed by atoms with Gasteiger partial charge in [0.1, 0.15) is 5.76 Å². The molecular formula is C23H24ClN3O4. The lowest BCUT2D eigenvalue weighted by Crippen LogP contribution is -2.46. The predicted octanol–water partition coefficient (Wildman–Crippen LogP) is 4.25. The fourth-order valence-electron chi connectivity index (χ4n) is 3.67. The second kappa shape index (κ2) is 9.39. The van der Waals surface area contributed by atoms with E-state index in [1.165, 1.54) is 0 Å². The number of carbonyl (C=O) groups is 2. The van der Waals surface area contributed by atoms with E-state index in [9.17, 15) is 9.59 Å². The Morgan fingerprint density at radius 3 is 2.65 bits per heavy atom. The normalized spacial score (nSPS) is 14.6. The Morgan fingerprint density at radius 1 is 1.16 bits per heavy atom. The summed E-state index contributed by atoms with van der Waals surface area (Å²) in [5.74, 6) is 1.98. The number of hydrogen-bond acceptors (Lipinski definition) is 5. The maximum Gasteiger partial charge on any atom is 0.287 e. The molecule has 4 rings (SSSR count). The summed E-state index contributed by atoms with van der Waals surface area (Å²) in [6.07, 6.45) is 3.82. The molecule has 1 saturated heterocycles. The molecule has 1 fully saturated rings. The Hall–Kier alpha value is -3.06. The molecule has 1 aliphatic rings. The van der Waals surface area contributed by atoms with Crippen molar-refractivity contribution in [1.29, 1.82) is 0 Å². The summed E-state index contributed by atoms with van der Waals surface area (Å²) < 4.78 is 11.1. The van der Waals surface area contributed by atoms with Gasteiger partial charge in [-0.15, -0.1) is 0 Å². The van der Waals surface area contributed by atoms with Crippen molar-refractivity contribution in [2.45, 2.75) is 38.6 Å². The first kappa shape index (κ1) is 21.2. The average molecular weight is 442 g/mol. The molecule has 1 N–H and O–H groups in total. The van der Waals surface area contributed by atoms with Gasteiger partial charge in [-0.1, -0.05) is 23.7 Å². The zero-order valence-corrected chi connectivity index (χ0v) is 18.0. The number of rotatable bonds is 6. The van der Waals surface area contributed by atoms with Crippen LogP contribution in [-0.2, 0) is 11.2 Å². The van der Waals surface area contributed by atoms with Gasteiger partial charge in [0.15, 0.2) is 17.4 Å². The van der Waals surface area contributed by atoms with Gasteiger partial charge in [-0.3, -0.25) is 9.59 Å². The molecule has 3 heterocycles. The van der Waals surface area contributed by atoms with Crippen LogP contribution in [0.4, 0.5) is 0 Å². The number of oxazole rings is 1. The monoisotopic (exact) mass is 441 g/mol. The predicted molar refractivity (Wildman–Crippen MR) is 116 cm³/mol. The Morgan fingerprint density at radius 2 is 1.94 bits per heavy atom. The van der Waals surface area contributed by atoms with Gasteiger partial charge in [0.25, 0.3) is 5.91 Å². The third kappa shape index (κ3) is 5.17. The van der Waals surface area contributed by atoms with Crippen molar-refractivity contribution in [3.8, 4) is 11.3 Å². The number of nitrogens with one attached hydrogen (secondary N) is 1. The van der Waals surface area contributed by atoms with Gasteiger partial charge in [0.2, 0.25) is 5.91 Å². The smallest absolute Gasteiger partial charge is 0.287 e. The molecule has 1 aliphatic heterocycles. The second-order valence-electron chi connectivity index (χ2n) is 7.64. The topological polar surface area (TPSA) is 88.6 Å². The summed E-state index contributed by atoms with van der Waals surface area (Å²) in [6, 6.07) is 10.9. The average Bonchev–Trinajstić information content (AvgIpc) is 3.42. The minimum Gasteiger partial charge on any atom is -0.456 e.